The number of nitrogens with one attached hydrogen (secondary N) is 2. The average molecular weight is 325 g/mol. The van der Waals surface area contributed by atoms with Crippen molar-refractivity contribution in [1.29, 1.82) is 0 Å². The minimum Gasteiger partial charge on any atom is -0.391 e. The van der Waals surface area contributed by atoms with E-state index in [1.165, 1.54) is 0 Å². The highest BCUT2D eigenvalue weighted by molar-refractivity contribution is 6.30. The molecule has 120 valence electrons. The van der Waals surface area contributed by atoms with E-state index in [2.05, 4.69) is 10.6 Å². The molecular formula is C16H21ClN2O3. The van der Waals surface area contributed by atoms with Crippen LogP contribution in [0, 0.1) is 5.92 Å². The molecule has 2 amide bonds. The number of benzene rings is 1. The van der Waals surface area contributed by atoms with Gasteiger partial charge in [0.25, 0.3) is 5.91 Å². The highest BCUT2D eigenvalue weighted by Gasteiger charge is 2.23. The molecule has 1 saturated carbocycles. The number of hydrogen-bond acceptors (Lipinski definition) is 3. The Labute approximate surface area is 135 Å². The Kier molecular flexibility index (Phi) is 6.21. The van der Waals surface area contributed by atoms with E-state index in [0.717, 1.165) is 25.7 Å². The van der Waals surface area contributed by atoms with Crippen LogP contribution in [0.2, 0.25) is 5.02 Å². The Morgan fingerprint density at radius 3 is 2.68 bits per heavy atom. The van der Waals surface area contributed by atoms with E-state index in [1.807, 2.05) is 0 Å². The molecule has 0 radical (unpaired) electrons. The first-order valence-corrected chi connectivity index (χ1v) is 7.92. The second-order valence-corrected chi connectivity index (χ2v) is 6.05. The Balaban J connectivity index is 1.70. The van der Waals surface area contributed by atoms with Crippen molar-refractivity contribution in [2.75, 3.05) is 13.1 Å². The van der Waals surface area contributed by atoms with Crippen LogP contribution in [0.15, 0.2) is 24.3 Å². The zero-order valence-corrected chi connectivity index (χ0v) is 13.1. The van der Waals surface area contributed by atoms with Gasteiger partial charge in [0.15, 0.2) is 0 Å². The van der Waals surface area contributed by atoms with Crippen LogP contribution < -0.4 is 10.6 Å². The monoisotopic (exact) mass is 324 g/mol. The van der Waals surface area contributed by atoms with Gasteiger partial charge in [0.1, 0.15) is 0 Å². The Morgan fingerprint density at radius 2 is 2.00 bits per heavy atom. The van der Waals surface area contributed by atoms with Gasteiger partial charge in [0, 0.05) is 17.1 Å². The first kappa shape index (κ1) is 16.8. The molecule has 1 aliphatic carbocycles. The van der Waals surface area contributed by atoms with E-state index < -0.39 is 6.10 Å². The van der Waals surface area contributed by atoms with Crippen LogP contribution >= 0.6 is 11.6 Å². The largest absolute Gasteiger partial charge is 0.391 e. The maximum Gasteiger partial charge on any atom is 0.251 e. The third-order valence-corrected chi connectivity index (χ3v) is 4.18. The lowest BCUT2D eigenvalue weighted by Gasteiger charge is -2.18. The summed E-state index contributed by atoms with van der Waals surface area (Å²) in [6.07, 6.45) is 3.82. The molecule has 0 heterocycles. The van der Waals surface area contributed by atoms with Crippen molar-refractivity contribution in [2.24, 2.45) is 5.92 Å². The van der Waals surface area contributed by atoms with Crippen LogP contribution in [0.4, 0.5) is 0 Å². The van der Waals surface area contributed by atoms with Gasteiger partial charge < -0.3 is 15.7 Å². The lowest BCUT2D eigenvalue weighted by atomic mass is 10.0. The number of amides is 2. The first-order chi connectivity index (χ1) is 10.6. The van der Waals surface area contributed by atoms with Crippen LogP contribution in [0.1, 0.15) is 36.0 Å². The summed E-state index contributed by atoms with van der Waals surface area (Å²) in [5.41, 5.74) is 0.409. The minimum absolute atomic E-state index is 0.122. The summed E-state index contributed by atoms with van der Waals surface area (Å²) >= 11 is 5.81. The maximum atomic E-state index is 11.8. The fourth-order valence-corrected chi connectivity index (χ4v) is 2.87. The van der Waals surface area contributed by atoms with Gasteiger partial charge >= 0.3 is 0 Å². The highest BCUT2D eigenvalue weighted by Crippen LogP contribution is 2.27. The fourth-order valence-electron chi connectivity index (χ4n) is 2.68. The van der Waals surface area contributed by atoms with Gasteiger partial charge in [-0.15, -0.1) is 0 Å². The second-order valence-electron chi connectivity index (χ2n) is 5.61. The smallest absolute Gasteiger partial charge is 0.251 e. The van der Waals surface area contributed by atoms with Gasteiger partial charge in [-0.2, -0.15) is 0 Å². The number of rotatable bonds is 6. The SMILES string of the molecule is O=C(CNC(=O)c1cccc(Cl)c1)NCC(O)C1CCCC1. The summed E-state index contributed by atoms with van der Waals surface area (Å²) in [6.45, 7) is 0.110. The van der Waals surface area contributed by atoms with E-state index in [-0.39, 0.29) is 30.8 Å². The minimum atomic E-state index is -0.505. The third-order valence-electron chi connectivity index (χ3n) is 3.95. The highest BCUT2D eigenvalue weighted by atomic mass is 35.5. The van der Waals surface area contributed by atoms with Crippen molar-refractivity contribution in [3.05, 3.63) is 34.9 Å². The van der Waals surface area contributed by atoms with Gasteiger partial charge in [-0.25, -0.2) is 0 Å². The Hall–Kier alpha value is -1.59. The summed E-state index contributed by atoms with van der Waals surface area (Å²) in [4.78, 5) is 23.6. The molecule has 2 rings (SSSR count). The molecule has 1 fully saturated rings. The summed E-state index contributed by atoms with van der Waals surface area (Å²) < 4.78 is 0. The van der Waals surface area contributed by atoms with E-state index in [0.29, 0.717) is 10.6 Å². The first-order valence-electron chi connectivity index (χ1n) is 7.55. The fraction of sp³-hybridized carbons (Fsp3) is 0.500. The van der Waals surface area contributed by atoms with Gasteiger partial charge in [-0.05, 0) is 37.0 Å². The molecule has 0 saturated heterocycles. The molecule has 5 nitrogen and oxygen atoms in total. The van der Waals surface area contributed by atoms with Crippen LogP contribution in [-0.2, 0) is 4.79 Å². The average Bonchev–Trinajstić information content (AvgIpc) is 3.04. The van der Waals surface area contributed by atoms with Crippen LogP contribution in [0.25, 0.3) is 0 Å². The molecule has 0 aliphatic heterocycles. The van der Waals surface area contributed by atoms with Crippen LogP contribution in [-0.4, -0.2) is 36.1 Å². The Bertz CT molecular complexity index is 530. The van der Waals surface area contributed by atoms with E-state index in [1.54, 1.807) is 24.3 Å². The van der Waals surface area contributed by atoms with Crippen molar-refractivity contribution >= 4 is 23.4 Å². The van der Waals surface area contributed by atoms with Gasteiger partial charge in [-0.3, -0.25) is 9.59 Å². The molecule has 1 unspecified atom stereocenters. The summed E-state index contributed by atoms with van der Waals surface area (Å²) in [5.74, 6) is -0.386. The summed E-state index contributed by atoms with van der Waals surface area (Å²) in [6, 6.07) is 6.52. The van der Waals surface area contributed by atoms with Crippen molar-refractivity contribution in [3.8, 4) is 0 Å². The number of aliphatic hydroxyl groups excluding tert-OH is 1. The molecule has 1 aromatic rings. The van der Waals surface area contributed by atoms with E-state index in [4.69, 9.17) is 11.6 Å². The molecule has 6 heteroatoms. The number of carbonyl (C=O) groups excluding carboxylic acids is 2. The molecule has 1 aliphatic rings. The standard InChI is InChI=1S/C16H21ClN2O3/c17-13-7-3-6-12(8-13)16(22)19-10-15(21)18-9-14(20)11-4-1-2-5-11/h3,6-8,11,14,20H,1-2,4-5,9-10H2,(H,18,21)(H,19,22). The molecule has 0 spiro atoms. The lowest BCUT2D eigenvalue weighted by molar-refractivity contribution is -0.120. The number of aliphatic hydroxyl groups is 1. The van der Waals surface area contributed by atoms with Crippen molar-refractivity contribution < 1.29 is 14.7 Å². The van der Waals surface area contributed by atoms with E-state index >= 15 is 0 Å². The summed E-state index contributed by atoms with van der Waals surface area (Å²) in [7, 11) is 0. The number of halogens is 1. The lowest BCUT2D eigenvalue weighted by Crippen LogP contribution is -2.41. The molecule has 3 N–H and O–H groups in total. The number of hydrogen-bond donors (Lipinski definition) is 3. The molecule has 0 bridgehead atoms. The molecule has 22 heavy (non-hydrogen) atoms. The van der Waals surface area contributed by atoms with Crippen LogP contribution in [0.3, 0.4) is 0 Å². The van der Waals surface area contributed by atoms with Gasteiger partial charge in [0.05, 0.1) is 12.6 Å². The van der Waals surface area contributed by atoms with Gasteiger partial charge in [0.2, 0.25) is 5.91 Å². The predicted molar refractivity (Wildman–Crippen MR) is 84.8 cm³/mol. The predicted octanol–water partition coefficient (Wildman–Crippen LogP) is 1.74. The zero-order chi connectivity index (χ0) is 15.9. The third kappa shape index (κ3) is 5.00. The van der Waals surface area contributed by atoms with Crippen molar-refractivity contribution in [2.45, 2.75) is 31.8 Å². The quantitative estimate of drug-likeness (QED) is 0.746. The Morgan fingerprint density at radius 1 is 1.27 bits per heavy atom. The van der Waals surface area contributed by atoms with Gasteiger partial charge in [-0.1, -0.05) is 30.5 Å². The zero-order valence-electron chi connectivity index (χ0n) is 12.3. The van der Waals surface area contributed by atoms with E-state index in [9.17, 15) is 14.7 Å². The molecule has 1 atom stereocenters. The molecular weight excluding hydrogens is 304 g/mol. The summed E-state index contributed by atoms with van der Waals surface area (Å²) in [5, 5.41) is 15.6. The topological polar surface area (TPSA) is 78.4 Å². The maximum absolute atomic E-state index is 11.8. The molecule has 1 aromatic carbocycles. The second kappa shape index (κ2) is 8.15. The normalized spacial score (nSPS) is 16.3. The number of carbonyl (C=O) groups is 2. The van der Waals surface area contributed by atoms with Crippen molar-refractivity contribution in [1.82, 2.24) is 10.6 Å². The molecule has 0 aromatic heterocycles. The van der Waals surface area contributed by atoms with Crippen LogP contribution in [0.5, 0.6) is 0 Å². The van der Waals surface area contributed by atoms with Crippen molar-refractivity contribution in [3.63, 3.8) is 0 Å².